The van der Waals surface area contributed by atoms with Crippen molar-refractivity contribution in [1.82, 2.24) is 39.0 Å². The van der Waals surface area contributed by atoms with Crippen LogP contribution in [0.1, 0.15) is 83.6 Å². The van der Waals surface area contributed by atoms with E-state index in [1.165, 1.54) is 10.8 Å². The first-order chi connectivity index (χ1) is 28.1. The number of carbonyl (C=O) groups excluding carboxylic acids is 2. The summed E-state index contributed by atoms with van der Waals surface area (Å²) in [6.45, 7) is 6.85. The van der Waals surface area contributed by atoms with Gasteiger partial charge in [-0.2, -0.15) is 27.9 Å². The molecule has 4 aromatic heterocycles. The minimum Gasteiger partial charge on any atom is -0.504 e. The molecule has 1 atom stereocenters. The summed E-state index contributed by atoms with van der Waals surface area (Å²) in [7, 11) is 0. The van der Waals surface area contributed by atoms with Gasteiger partial charge in [-0.15, -0.1) is 5.10 Å². The fourth-order valence-corrected chi connectivity index (χ4v) is 9.06. The normalized spacial score (nSPS) is 18.0. The molecular weight excluding hydrogens is 791 g/mol. The molecule has 5 aromatic rings. The van der Waals surface area contributed by atoms with Gasteiger partial charge in [-0.05, 0) is 82.2 Å². The monoisotopic (exact) mass is 829 g/mol. The van der Waals surface area contributed by atoms with E-state index >= 15 is 0 Å². The summed E-state index contributed by atoms with van der Waals surface area (Å²) in [4.78, 5) is 63.4. The van der Waals surface area contributed by atoms with E-state index in [1.807, 2.05) is 26.0 Å². The summed E-state index contributed by atoms with van der Waals surface area (Å²) in [5.41, 5.74) is 0.260. The Morgan fingerprint density at radius 1 is 1.05 bits per heavy atom. The summed E-state index contributed by atoms with van der Waals surface area (Å²) >= 11 is 6.20. The lowest BCUT2D eigenvalue weighted by Crippen LogP contribution is -2.46. The van der Waals surface area contributed by atoms with E-state index in [2.05, 4.69) is 26.3 Å². The minimum atomic E-state index is -4.63. The van der Waals surface area contributed by atoms with Gasteiger partial charge in [0.1, 0.15) is 18.7 Å². The SMILES string of the molecule is Cc1nc(N2CCC(C#N)CC2)ccc1-c1nc2n(CC(=O)Nc3ccc(C(F)(F)F)cc3Cl)c3c(c(=O)n2n1)C1(CCN(C(=O)c2ncnc(C)c2O)CC1)CC3C. The van der Waals surface area contributed by atoms with Crippen LogP contribution >= 0.6 is 11.6 Å². The number of piperidine rings is 2. The lowest BCUT2D eigenvalue weighted by Gasteiger charge is -2.39. The molecule has 306 valence electrons. The van der Waals surface area contributed by atoms with Crippen LogP contribution < -0.4 is 15.8 Å². The van der Waals surface area contributed by atoms with Crippen LogP contribution in [0, 0.1) is 31.1 Å². The number of likely N-dealkylation sites (tertiary alicyclic amines) is 1. The molecule has 2 N–H and O–H groups in total. The number of anilines is 2. The third kappa shape index (κ3) is 7.10. The van der Waals surface area contributed by atoms with Crippen molar-refractivity contribution in [3.63, 3.8) is 0 Å². The van der Waals surface area contributed by atoms with Gasteiger partial charge in [0.25, 0.3) is 11.5 Å². The van der Waals surface area contributed by atoms with Crippen molar-refractivity contribution in [3.8, 4) is 23.2 Å². The van der Waals surface area contributed by atoms with Gasteiger partial charge in [0.2, 0.25) is 11.7 Å². The zero-order valence-corrected chi connectivity index (χ0v) is 33.1. The van der Waals surface area contributed by atoms with Gasteiger partial charge in [0.15, 0.2) is 17.3 Å². The van der Waals surface area contributed by atoms with Crippen molar-refractivity contribution >= 4 is 40.7 Å². The number of hydrogen-bond donors (Lipinski definition) is 2. The first-order valence-corrected chi connectivity index (χ1v) is 19.6. The molecule has 1 aromatic carbocycles. The lowest BCUT2D eigenvalue weighted by atomic mass is 9.73. The highest BCUT2D eigenvalue weighted by atomic mass is 35.5. The number of halogens is 4. The molecule has 1 spiro atoms. The number of carbonyl (C=O) groups is 2. The van der Waals surface area contributed by atoms with Gasteiger partial charge in [-0.25, -0.2) is 15.0 Å². The second-order valence-corrected chi connectivity index (χ2v) is 16.0. The topological polar surface area (TPSA) is 188 Å². The van der Waals surface area contributed by atoms with Crippen LogP contribution in [0.4, 0.5) is 24.7 Å². The Bertz CT molecular complexity index is 2620. The number of aromatic hydroxyl groups is 1. The van der Waals surface area contributed by atoms with Crippen molar-refractivity contribution in [2.24, 2.45) is 5.92 Å². The van der Waals surface area contributed by atoms with Gasteiger partial charge in [-0.1, -0.05) is 18.5 Å². The van der Waals surface area contributed by atoms with Gasteiger partial charge >= 0.3 is 6.18 Å². The summed E-state index contributed by atoms with van der Waals surface area (Å²) in [5.74, 6) is -0.581. The van der Waals surface area contributed by atoms with E-state index in [1.54, 1.807) is 16.4 Å². The Kier molecular flexibility index (Phi) is 10.1. The summed E-state index contributed by atoms with van der Waals surface area (Å²) in [6, 6.07) is 8.67. The standard InChI is InChI=1S/C40H39ClF3N11O4/c1-21-17-39(10-14-53(15-11-39)37(59)32-34(57)23(3)46-20-47-32)31-33(21)54(19-30(56)49-28-6-4-25(16-27(28)41)40(42,43)44)38-50-35(51-55(38)36(31)58)26-5-7-29(48-22(26)2)52-12-8-24(18-45)9-13-52/h4-7,16,20-21,24,57H,8-15,17,19H2,1-3H3,(H,49,56). The molecule has 6 heterocycles. The number of amides is 2. The number of aromatic nitrogens is 7. The average Bonchev–Trinajstić information content (AvgIpc) is 3.77. The highest BCUT2D eigenvalue weighted by molar-refractivity contribution is 6.33. The van der Waals surface area contributed by atoms with Crippen molar-refractivity contribution in [2.75, 3.05) is 36.4 Å². The number of alkyl halides is 3. The van der Waals surface area contributed by atoms with Crippen LogP contribution in [-0.4, -0.2) is 82.1 Å². The van der Waals surface area contributed by atoms with E-state index < -0.39 is 34.5 Å². The number of rotatable bonds is 6. The van der Waals surface area contributed by atoms with Crippen molar-refractivity contribution in [3.05, 3.63) is 85.9 Å². The zero-order chi connectivity index (χ0) is 42.0. The van der Waals surface area contributed by atoms with Gasteiger partial charge in [0, 0.05) is 54.3 Å². The number of fused-ring (bicyclic) bond motifs is 3. The number of pyridine rings is 1. The van der Waals surface area contributed by atoms with Crippen molar-refractivity contribution in [2.45, 2.75) is 76.9 Å². The van der Waals surface area contributed by atoms with E-state index in [-0.39, 0.29) is 70.9 Å². The van der Waals surface area contributed by atoms with Gasteiger partial charge < -0.3 is 24.8 Å². The van der Waals surface area contributed by atoms with E-state index in [4.69, 9.17) is 26.7 Å². The van der Waals surface area contributed by atoms with Crippen LogP contribution in [0.25, 0.3) is 17.2 Å². The first kappa shape index (κ1) is 39.7. The fourth-order valence-electron chi connectivity index (χ4n) is 8.83. The van der Waals surface area contributed by atoms with Crippen LogP contribution in [0.3, 0.4) is 0 Å². The Morgan fingerprint density at radius 2 is 1.78 bits per heavy atom. The van der Waals surface area contributed by atoms with Gasteiger partial charge in [-0.3, -0.25) is 14.4 Å². The third-order valence-corrected chi connectivity index (χ3v) is 12.2. The minimum absolute atomic E-state index is 0.0115. The number of nitrogens with one attached hydrogen (secondary N) is 1. The molecule has 2 saturated heterocycles. The number of hydrogen-bond acceptors (Lipinski definition) is 11. The highest BCUT2D eigenvalue weighted by Crippen LogP contribution is 2.50. The number of aryl methyl sites for hydroxylation is 2. The zero-order valence-electron chi connectivity index (χ0n) is 32.3. The second-order valence-electron chi connectivity index (χ2n) is 15.6. The third-order valence-electron chi connectivity index (χ3n) is 11.9. The lowest BCUT2D eigenvalue weighted by molar-refractivity contribution is -0.137. The number of nitriles is 1. The Hall–Kier alpha value is -6.09. The van der Waals surface area contributed by atoms with Gasteiger partial charge in [0.05, 0.1) is 33.7 Å². The van der Waals surface area contributed by atoms with E-state index in [9.17, 15) is 37.9 Å². The molecule has 59 heavy (non-hydrogen) atoms. The Labute approximate surface area is 340 Å². The molecule has 15 nitrogen and oxygen atoms in total. The summed E-state index contributed by atoms with van der Waals surface area (Å²) in [5, 5.41) is 26.9. The molecule has 3 aliphatic rings. The van der Waals surface area contributed by atoms with E-state index in [0.717, 1.165) is 36.9 Å². The Balaban J connectivity index is 1.17. The molecule has 2 amide bonds. The number of nitrogens with zero attached hydrogens (tertiary/aromatic N) is 10. The summed E-state index contributed by atoms with van der Waals surface area (Å²) in [6.07, 6.45) is -0.616. The predicted octanol–water partition coefficient (Wildman–Crippen LogP) is 5.80. The molecule has 0 radical (unpaired) electrons. The largest absolute Gasteiger partial charge is 0.504 e. The maximum atomic E-state index is 14.7. The highest BCUT2D eigenvalue weighted by Gasteiger charge is 2.49. The first-order valence-electron chi connectivity index (χ1n) is 19.2. The molecule has 0 saturated carbocycles. The maximum Gasteiger partial charge on any atom is 0.416 e. The average molecular weight is 830 g/mol. The molecule has 0 bridgehead atoms. The molecule has 1 unspecified atom stereocenters. The molecule has 1 aliphatic carbocycles. The molecule has 2 aliphatic heterocycles. The molecule has 2 fully saturated rings. The van der Waals surface area contributed by atoms with Crippen molar-refractivity contribution in [1.29, 1.82) is 5.26 Å². The van der Waals surface area contributed by atoms with Crippen LogP contribution in [0.5, 0.6) is 5.75 Å². The quantitative estimate of drug-likeness (QED) is 0.211. The maximum absolute atomic E-state index is 14.7. The molecule has 19 heteroatoms. The smallest absolute Gasteiger partial charge is 0.416 e. The van der Waals surface area contributed by atoms with Crippen LogP contribution in [0.2, 0.25) is 5.02 Å². The molecular formula is C40H39ClF3N11O4. The van der Waals surface area contributed by atoms with Crippen molar-refractivity contribution < 1.29 is 27.9 Å². The second kappa shape index (κ2) is 14.9. The van der Waals surface area contributed by atoms with Crippen LogP contribution in [-0.2, 0) is 22.9 Å². The van der Waals surface area contributed by atoms with E-state index in [0.29, 0.717) is 54.9 Å². The van der Waals surface area contributed by atoms with Crippen LogP contribution in [0.15, 0.2) is 41.5 Å². The summed E-state index contributed by atoms with van der Waals surface area (Å²) < 4.78 is 42.9. The number of benzene rings is 1. The fraction of sp³-hybridized carbons (Fsp3) is 0.425. The molecule has 8 rings (SSSR count). The predicted molar refractivity (Wildman–Crippen MR) is 209 cm³/mol. The Morgan fingerprint density at radius 3 is 2.44 bits per heavy atom.